The van der Waals surface area contributed by atoms with Gasteiger partial charge in [0.15, 0.2) is 12.4 Å². The summed E-state index contributed by atoms with van der Waals surface area (Å²) in [7, 11) is 0. The molecule has 2 aromatic carbocycles. The maximum absolute atomic E-state index is 12.4. The van der Waals surface area contributed by atoms with Crippen LogP contribution in [-0.2, 0) is 0 Å². The summed E-state index contributed by atoms with van der Waals surface area (Å²) in [6.45, 7) is -0.0153. The number of ether oxygens (including phenoxy) is 1. The number of benzene rings is 2. The van der Waals surface area contributed by atoms with Gasteiger partial charge in [-0.15, -0.1) is 0 Å². The molecule has 0 aliphatic carbocycles. The second-order valence-corrected chi connectivity index (χ2v) is 4.95. The Hall–Kier alpha value is -3.52. The van der Waals surface area contributed by atoms with Crippen molar-refractivity contribution in [3.8, 4) is 22.9 Å². The molecule has 0 fully saturated rings. The number of carbonyl (C=O) groups is 1. The van der Waals surface area contributed by atoms with Gasteiger partial charge in [0.05, 0.1) is 6.26 Å². The fourth-order valence-electron chi connectivity index (χ4n) is 2.27. The summed E-state index contributed by atoms with van der Waals surface area (Å²) in [5, 5.41) is 11.3. The minimum Gasteiger partial charge on any atom is -0.479 e. The Morgan fingerprint density at radius 3 is 2.54 bits per heavy atom. The fraction of sp³-hybridized carbons (Fsp3) is 0.0526. The number of amides is 1. The van der Waals surface area contributed by atoms with Crippen molar-refractivity contribution in [2.24, 2.45) is 0 Å². The van der Waals surface area contributed by atoms with Crippen molar-refractivity contribution in [2.75, 3.05) is 11.9 Å². The van der Waals surface area contributed by atoms with E-state index < -0.39 is 0 Å². The number of nitrogens with one attached hydrogen (secondary N) is 1. The summed E-state index contributed by atoms with van der Waals surface area (Å²) in [6.07, 6.45) is 1.50. The summed E-state index contributed by atoms with van der Waals surface area (Å²) in [6, 6.07) is 20.0. The molecule has 0 aliphatic heterocycles. The van der Waals surface area contributed by atoms with E-state index in [4.69, 9.17) is 14.4 Å². The van der Waals surface area contributed by atoms with E-state index in [9.17, 15) is 4.79 Å². The Kier molecular flexibility index (Phi) is 4.59. The average molecular weight is 318 g/mol. The summed E-state index contributed by atoms with van der Waals surface area (Å²) >= 11 is 0. The Morgan fingerprint density at radius 1 is 1.08 bits per heavy atom. The van der Waals surface area contributed by atoms with Crippen LogP contribution in [0.3, 0.4) is 0 Å². The molecule has 0 unspecified atom stereocenters. The van der Waals surface area contributed by atoms with Gasteiger partial charge in [0.2, 0.25) is 0 Å². The highest BCUT2D eigenvalue weighted by atomic mass is 16.5. The van der Waals surface area contributed by atoms with Gasteiger partial charge in [-0.25, -0.2) is 0 Å². The highest BCUT2D eigenvalue weighted by Crippen LogP contribution is 2.25. The Morgan fingerprint density at radius 2 is 1.83 bits per heavy atom. The van der Waals surface area contributed by atoms with E-state index in [1.165, 1.54) is 6.26 Å². The van der Waals surface area contributed by atoms with Gasteiger partial charge >= 0.3 is 0 Å². The molecule has 5 heteroatoms. The minimum absolute atomic E-state index is 0.0153. The lowest BCUT2D eigenvalue weighted by molar-refractivity contribution is 0.0997. The molecule has 1 aromatic heterocycles. The first kappa shape index (κ1) is 15.4. The van der Waals surface area contributed by atoms with Gasteiger partial charge < -0.3 is 14.5 Å². The molecule has 0 bridgehead atoms. The van der Waals surface area contributed by atoms with E-state index in [0.29, 0.717) is 11.4 Å². The fourth-order valence-corrected chi connectivity index (χ4v) is 2.27. The van der Waals surface area contributed by atoms with E-state index >= 15 is 0 Å². The molecule has 5 nitrogen and oxygen atoms in total. The third kappa shape index (κ3) is 3.45. The molecule has 3 rings (SSSR count). The number of furan rings is 1. The molecule has 0 atom stereocenters. The smallest absolute Gasteiger partial charge is 0.292 e. The Balaban J connectivity index is 1.74. The van der Waals surface area contributed by atoms with Crippen LogP contribution in [0, 0.1) is 11.3 Å². The summed E-state index contributed by atoms with van der Waals surface area (Å²) in [4.78, 5) is 12.4. The molecule has 0 spiro atoms. The standard InChI is InChI=1S/C19H14N2O3/c20-11-13-23-16-8-6-15(7-9-16)21-19(22)18-17(10-12-24-18)14-4-2-1-3-5-14/h1-10,12H,13H2,(H,21,22). The SMILES string of the molecule is N#CCOc1ccc(NC(=O)c2occc2-c2ccccc2)cc1. The predicted octanol–water partition coefficient (Wildman–Crippen LogP) is 4.10. The van der Waals surface area contributed by atoms with Crippen LogP contribution in [0.4, 0.5) is 5.69 Å². The monoisotopic (exact) mass is 318 g/mol. The van der Waals surface area contributed by atoms with Crippen LogP contribution in [0.2, 0.25) is 0 Å². The van der Waals surface area contributed by atoms with Gasteiger partial charge in [-0.1, -0.05) is 30.3 Å². The van der Waals surface area contributed by atoms with Gasteiger partial charge in [0.1, 0.15) is 11.8 Å². The quantitative estimate of drug-likeness (QED) is 0.768. The first-order valence-electron chi connectivity index (χ1n) is 7.32. The maximum Gasteiger partial charge on any atom is 0.292 e. The van der Waals surface area contributed by atoms with Crippen molar-refractivity contribution in [1.29, 1.82) is 5.26 Å². The van der Waals surface area contributed by atoms with Crippen molar-refractivity contribution in [3.63, 3.8) is 0 Å². The lowest BCUT2D eigenvalue weighted by atomic mass is 10.1. The van der Waals surface area contributed by atoms with Gasteiger partial charge in [-0.3, -0.25) is 4.79 Å². The molecule has 1 heterocycles. The molecule has 0 saturated carbocycles. The first-order chi connectivity index (χ1) is 11.8. The number of hydrogen-bond donors (Lipinski definition) is 1. The maximum atomic E-state index is 12.4. The number of rotatable bonds is 5. The lowest BCUT2D eigenvalue weighted by Gasteiger charge is -2.07. The summed E-state index contributed by atoms with van der Waals surface area (Å²) in [5.41, 5.74) is 2.26. The van der Waals surface area contributed by atoms with Gasteiger partial charge in [-0.05, 0) is 35.9 Å². The predicted molar refractivity (Wildman–Crippen MR) is 89.6 cm³/mol. The zero-order valence-corrected chi connectivity index (χ0v) is 12.7. The number of nitriles is 1. The third-order valence-electron chi connectivity index (χ3n) is 3.37. The third-order valence-corrected chi connectivity index (χ3v) is 3.37. The van der Waals surface area contributed by atoms with Crippen LogP contribution >= 0.6 is 0 Å². The number of nitrogens with zero attached hydrogens (tertiary/aromatic N) is 1. The minimum atomic E-state index is -0.329. The van der Waals surface area contributed by atoms with E-state index in [1.807, 2.05) is 36.4 Å². The van der Waals surface area contributed by atoms with Crippen molar-refractivity contribution in [3.05, 3.63) is 72.7 Å². The van der Waals surface area contributed by atoms with Gasteiger partial charge in [-0.2, -0.15) is 5.26 Å². The van der Waals surface area contributed by atoms with Crippen LogP contribution in [0.1, 0.15) is 10.6 Å². The van der Waals surface area contributed by atoms with Crippen molar-refractivity contribution in [1.82, 2.24) is 0 Å². The van der Waals surface area contributed by atoms with E-state index in [2.05, 4.69) is 5.32 Å². The second kappa shape index (κ2) is 7.16. The van der Waals surface area contributed by atoms with Crippen LogP contribution < -0.4 is 10.1 Å². The van der Waals surface area contributed by atoms with Crippen LogP contribution in [-0.4, -0.2) is 12.5 Å². The average Bonchev–Trinajstić information content (AvgIpc) is 3.12. The van der Waals surface area contributed by atoms with Crippen molar-refractivity contribution >= 4 is 11.6 Å². The van der Waals surface area contributed by atoms with E-state index in [1.54, 1.807) is 30.3 Å². The van der Waals surface area contributed by atoms with Gasteiger partial charge in [0.25, 0.3) is 5.91 Å². The van der Waals surface area contributed by atoms with E-state index in [0.717, 1.165) is 11.1 Å². The van der Waals surface area contributed by atoms with Crippen LogP contribution in [0.15, 0.2) is 71.3 Å². The summed E-state index contributed by atoms with van der Waals surface area (Å²) in [5.74, 6) is 0.494. The Labute approximate surface area is 139 Å². The summed E-state index contributed by atoms with van der Waals surface area (Å²) < 4.78 is 10.5. The van der Waals surface area contributed by atoms with Crippen molar-refractivity contribution in [2.45, 2.75) is 0 Å². The zero-order chi connectivity index (χ0) is 16.8. The molecule has 1 N–H and O–H groups in total. The van der Waals surface area contributed by atoms with Crippen molar-refractivity contribution < 1.29 is 13.9 Å². The molecular weight excluding hydrogens is 304 g/mol. The highest BCUT2D eigenvalue weighted by Gasteiger charge is 2.16. The lowest BCUT2D eigenvalue weighted by Crippen LogP contribution is -2.11. The molecule has 0 saturated heterocycles. The van der Waals surface area contributed by atoms with Crippen LogP contribution in [0.25, 0.3) is 11.1 Å². The molecule has 0 radical (unpaired) electrons. The molecule has 0 aliphatic rings. The topological polar surface area (TPSA) is 75.3 Å². The number of anilines is 1. The Bertz CT molecular complexity index is 862. The normalized spacial score (nSPS) is 9.96. The van der Waals surface area contributed by atoms with Crippen LogP contribution in [0.5, 0.6) is 5.75 Å². The number of carbonyl (C=O) groups excluding carboxylic acids is 1. The molecule has 118 valence electrons. The van der Waals surface area contributed by atoms with E-state index in [-0.39, 0.29) is 18.3 Å². The van der Waals surface area contributed by atoms with Gasteiger partial charge in [0, 0.05) is 11.3 Å². The molecule has 24 heavy (non-hydrogen) atoms. The largest absolute Gasteiger partial charge is 0.479 e. The molecular formula is C19H14N2O3. The zero-order valence-electron chi connectivity index (χ0n) is 12.7. The first-order valence-corrected chi connectivity index (χ1v) is 7.32. The molecule has 3 aromatic rings. The highest BCUT2D eigenvalue weighted by molar-refractivity contribution is 6.06. The second-order valence-electron chi connectivity index (χ2n) is 4.95. The number of hydrogen-bond acceptors (Lipinski definition) is 4. The molecule has 1 amide bonds.